The molecule has 1 amide bonds. The predicted molar refractivity (Wildman–Crippen MR) is 141 cm³/mol. The van der Waals surface area contributed by atoms with Gasteiger partial charge in [0.1, 0.15) is 17.0 Å². The molecular weight excluding hydrogens is 506 g/mol. The van der Waals surface area contributed by atoms with E-state index in [0.29, 0.717) is 54.7 Å². The van der Waals surface area contributed by atoms with Crippen LogP contribution < -0.4 is 15.4 Å². The smallest absolute Gasteiger partial charge is 0.407 e. The minimum Gasteiger partial charge on any atom is -0.493 e. The number of hydrogen-bond donors (Lipinski definition) is 2. The third-order valence-electron chi connectivity index (χ3n) is 5.18. The van der Waals surface area contributed by atoms with Crippen molar-refractivity contribution in [1.82, 2.24) is 40.1 Å². The van der Waals surface area contributed by atoms with E-state index in [9.17, 15) is 9.59 Å². The lowest BCUT2D eigenvalue weighted by molar-refractivity contribution is -0.140. The molecule has 3 aromatic heterocycles. The van der Waals surface area contributed by atoms with Gasteiger partial charge in [-0.3, -0.25) is 9.48 Å². The number of amides is 1. The topological polar surface area (TPSA) is 160 Å². The number of carbonyl (C=O) groups is 2. The van der Waals surface area contributed by atoms with Crippen LogP contribution in [0.4, 0.5) is 16.4 Å². The van der Waals surface area contributed by atoms with Crippen LogP contribution in [-0.4, -0.2) is 72.7 Å². The molecule has 0 aliphatic carbocycles. The van der Waals surface area contributed by atoms with Gasteiger partial charge in [-0.25, -0.2) is 9.78 Å². The fraction of sp³-hybridized carbons (Fsp3) is 0.400. The van der Waals surface area contributed by atoms with Crippen LogP contribution >= 0.6 is 0 Å². The molecule has 0 unspecified atom stereocenters. The summed E-state index contributed by atoms with van der Waals surface area (Å²) in [5.41, 5.74) is 1.84. The van der Waals surface area contributed by atoms with E-state index in [2.05, 4.69) is 40.7 Å². The summed E-state index contributed by atoms with van der Waals surface area (Å²) in [6.45, 7) is 6.68. The first-order valence-corrected chi connectivity index (χ1v) is 12.3. The van der Waals surface area contributed by atoms with E-state index >= 15 is 0 Å². The number of rotatable bonds is 11. The van der Waals surface area contributed by atoms with Crippen molar-refractivity contribution in [2.75, 3.05) is 25.6 Å². The number of fused-ring (bicyclic) bond motifs is 1. The Morgan fingerprint density at radius 3 is 2.79 bits per heavy atom. The van der Waals surface area contributed by atoms with Gasteiger partial charge >= 0.3 is 12.1 Å². The van der Waals surface area contributed by atoms with Gasteiger partial charge in [0.2, 0.25) is 5.95 Å². The summed E-state index contributed by atoms with van der Waals surface area (Å²) in [6, 6.07) is 7.39. The first kappa shape index (κ1) is 27.3. The van der Waals surface area contributed by atoms with Crippen LogP contribution in [0.2, 0.25) is 0 Å². The van der Waals surface area contributed by atoms with Crippen molar-refractivity contribution in [2.24, 2.45) is 0 Å². The molecule has 0 saturated heterocycles. The summed E-state index contributed by atoms with van der Waals surface area (Å²) in [7, 11) is 1.35. The molecule has 1 aromatic carbocycles. The molecule has 0 spiro atoms. The second-order valence-electron chi connectivity index (χ2n) is 9.47. The first-order chi connectivity index (χ1) is 18.7. The Morgan fingerprint density at radius 1 is 1.15 bits per heavy atom. The SMILES string of the molecule is COC(=O)CCn1cc(-n2nnc3cnc(Nc4cccc(OCCCNC(=O)OC(C)(C)C)c4)nc32)cn1. The maximum absolute atomic E-state index is 11.7. The summed E-state index contributed by atoms with van der Waals surface area (Å²) < 4.78 is 18.9. The van der Waals surface area contributed by atoms with E-state index in [0.717, 1.165) is 5.69 Å². The minimum absolute atomic E-state index is 0.206. The molecule has 0 radical (unpaired) electrons. The Kier molecular flexibility index (Phi) is 8.53. The normalized spacial score (nSPS) is 11.3. The number of aryl methyl sites for hydroxylation is 1. The Morgan fingerprint density at radius 2 is 2.00 bits per heavy atom. The molecule has 3 heterocycles. The van der Waals surface area contributed by atoms with Crippen molar-refractivity contribution < 1.29 is 23.8 Å². The number of methoxy groups -OCH3 is 1. The average molecular weight is 538 g/mol. The molecule has 14 nitrogen and oxygen atoms in total. The maximum atomic E-state index is 11.7. The average Bonchev–Trinajstić information content (AvgIpc) is 3.53. The van der Waals surface area contributed by atoms with E-state index in [4.69, 9.17) is 9.47 Å². The zero-order valence-corrected chi connectivity index (χ0v) is 22.2. The number of benzene rings is 1. The minimum atomic E-state index is -0.533. The van der Waals surface area contributed by atoms with Crippen molar-refractivity contribution in [3.8, 4) is 11.4 Å². The molecule has 0 atom stereocenters. The van der Waals surface area contributed by atoms with Gasteiger partial charge in [-0.1, -0.05) is 11.3 Å². The van der Waals surface area contributed by atoms with Gasteiger partial charge in [0.05, 0.1) is 45.3 Å². The van der Waals surface area contributed by atoms with Crippen LogP contribution in [0.25, 0.3) is 16.9 Å². The van der Waals surface area contributed by atoms with Crippen molar-refractivity contribution in [2.45, 2.75) is 45.8 Å². The van der Waals surface area contributed by atoms with Crippen LogP contribution in [-0.2, 0) is 20.8 Å². The fourth-order valence-corrected chi connectivity index (χ4v) is 3.41. The van der Waals surface area contributed by atoms with E-state index in [1.807, 2.05) is 45.0 Å². The number of aromatic nitrogens is 7. The summed E-state index contributed by atoms with van der Waals surface area (Å²) in [5.74, 6) is 0.693. The second-order valence-corrected chi connectivity index (χ2v) is 9.47. The monoisotopic (exact) mass is 537 g/mol. The zero-order valence-electron chi connectivity index (χ0n) is 22.2. The Bertz CT molecular complexity index is 1430. The quantitative estimate of drug-likeness (QED) is 0.214. The number of anilines is 2. The first-order valence-electron chi connectivity index (χ1n) is 12.3. The third-order valence-corrected chi connectivity index (χ3v) is 5.18. The number of alkyl carbamates (subject to hydrolysis) is 1. The molecule has 0 aliphatic heterocycles. The Hall–Kier alpha value is -4.75. The lowest BCUT2D eigenvalue weighted by Gasteiger charge is -2.19. The molecule has 4 rings (SSSR count). The third kappa shape index (κ3) is 7.87. The van der Waals surface area contributed by atoms with E-state index in [1.54, 1.807) is 28.0 Å². The molecule has 4 aromatic rings. The second kappa shape index (κ2) is 12.2. The molecule has 0 aliphatic rings. The van der Waals surface area contributed by atoms with Gasteiger partial charge < -0.3 is 24.8 Å². The highest BCUT2D eigenvalue weighted by Gasteiger charge is 2.15. The number of nitrogens with one attached hydrogen (secondary N) is 2. The number of esters is 1. The van der Waals surface area contributed by atoms with Crippen molar-refractivity contribution in [1.29, 1.82) is 0 Å². The molecular formula is C25H31N9O5. The highest BCUT2D eigenvalue weighted by molar-refractivity contribution is 5.73. The van der Waals surface area contributed by atoms with E-state index < -0.39 is 11.7 Å². The number of hydrogen-bond acceptors (Lipinski definition) is 11. The maximum Gasteiger partial charge on any atom is 0.407 e. The highest BCUT2D eigenvalue weighted by atomic mass is 16.6. The predicted octanol–water partition coefficient (Wildman–Crippen LogP) is 3.01. The molecule has 2 N–H and O–H groups in total. The number of nitrogens with zero attached hydrogens (tertiary/aromatic N) is 7. The van der Waals surface area contributed by atoms with Crippen LogP contribution in [0, 0.1) is 0 Å². The lowest BCUT2D eigenvalue weighted by Crippen LogP contribution is -2.33. The van der Waals surface area contributed by atoms with Gasteiger partial charge in [-0.05, 0) is 39.3 Å². The largest absolute Gasteiger partial charge is 0.493 e. The standard InChI is InChI=1S/C25H31N9O5/c1-25(2,3)39-24(36)26-10-6-12-38-19-8-5-7-17(13-19)29-23-27-15-20-22(30-23)34(32-31-20)18-14-28-33(16-18)11-9-21(35)37-4/h5,7-8,13-16H,6,9-12H2,1-4H3,(H,26,36)(H,27,29,30). The number of carbonyl (C=O) groups excluding carboxylic acids is 2. The summed E-state index contributed by atoms with van der Waals surface area (Å²) in [4.78, 5) is 32.0. The van der Waals surface area contributed by atoms with Crippen molar-refractivity contribution >= 4 is 34.9 Å². The Balaban J connectivity index is 1.35. The van der Waals surface area contributed by atoms with Gasteiger partial charge in [-0.2, -0.15) is 14.8 Å². The van der Waals surface area contributed by atoms with Crippen LogP contribution in [0.1, 0.15) is 33.6 Å². The van der Waals surface area contributed by atoms with E-state index in [-0.39, 0.29) is 12.4 Å². The summed E-state index contributed by atoms with van der Waals surface area (Å²) in [6.07, 6.45) is 5.31. The molecule has 39 heavy (non-hydrogen) atoms. The fourth-order valence-electron chi connectivity index (χ4n) is 3.41. The van der Waals surface area contributed by atoms with Gasteiger partial charge in [0.25, 0.3) is 0 Å². The molecule has 206 valence electrons. The molecule has 0 saturated carbocycles. The Labute approximate surface area is 224 Å². The van der Waals surface area contributed by atoms with Crippen LogP contribution in [0.3, 0.4) is 0 Å². The van der Waals surface area contributed by atoms with E-state index in [1.165, 1.54) is 7.11 Å². The molecule has 0 fully saturated rings. The van der Waals surface area contributed by atoms with Crippen LogP contribution in [0.15, 0.2) is 42.9 Å². The van der Waals surface area contributed by atoms with Crippen molar-refractivity contribution in [3.05, 3.63) is 42.9 Å². The number of ether oxygens (including phenoxy) is 3. The van der Waals surface area contributed by atoms with Crippen molar-refractivity contribution in [3.63, 3.8) is 0 Å². The summed E-state index contributed by atoms with van der Waals surface area (Å²) >= 11 is 0. The van der Waals surface area contributed by atoms with Gasteiger partial charge in [-0.15, -0.1) is 5.10 Å². The van der Waals surface area contributed by atoms with Crippen LogP contribution in [0.5, 0.6) is 5.75 Å². The van der Waals surface area contributed by atoms with Gasteiger partial charge in [0.15, 0.2) is 11.2 Å². The molecule has 14 heteroatoms. The van der Waals surface area contributed by atoms with Gasteiger partial charge in [0, 0.05) is 18.3 Å². The molecule has 0 bridgehead atoms. The highest BCUT2D eigenvalue weighted by Crippen LogP contribution is 2.21. The lowest BCUT2D eigenvalue weighted by atomic mass is 10.2. The zero-order chi connectivity index (χ0) is 27.8. The summed E-state index contributed by atoms with van der Waals surface area (Å²) in [5, 5.41) is 18.4.